The smallest absolute Gasteiger partial charge is 0.331 e. The highest BCUT2D eigenvalue weighted by atomic mass is 16.6. The van der Waals surface area contributed by atoms with Crippen LogP contribution in [0.1, 0.15) is 52.0 Å². The predicted molar refractivity (Wildman–Crippen MR) is 124 cm³/mol. The lowest BCUT2D eigenvalue weighted by atomic mass is 9.72. The van der Waals surface area contributed by atoms with E-state index in [1.807, 2.05) is 24.3 Å². The van der Waals surface area contributed by atoms with Gasteiger partial charge in [0, 0.05) is 25.7 Å². The van der Waals surface area contributed by atoms with Crippen molar-refractivity contribution in [2.24, 2.45) is 17.8 Å². The number of carbonyl (C=O) groups is 1. The molecule has 1 fully saturated rings. The Morgan fingerprint density at radius 1 is 1.19 bits per heavy atom. The number of methoxy groups -OCH3 is 2. The van der Waals surface area contributed by atoms with Crippen LogP contribution in [0.2, 0.25) is 0 Å². The number of ether oxygens (including phenoxy) is 3. The van der Waals surface area contributed by atoms with Gasteiger partial charge >= 0.3 is 5.97 Å². The van der Waals surface area contributed by atoms with Crippen molar-refractivity contribution in [3.8, 4) is 5.75 Å². The Kier molecular flexibility index (Phi) is 10.3. The molecule has 0 radical (unpaired) electrons. The molecule has 0 spiro atoms. The first-order valence-corrected chi connectivity index (χ1v) is 11.2. The molecule has 4 atom stereocenters. The molecule has 5 nitrogen and oxygen atoms in total. The average Bonchev–Trinajstić information content (AvgIpc) is 2.77. The second kappa shape index (κ2) is 12.7. The van der Waals surface area contributed by atoms with Crippen LogP contribution in [-0.4, -0.2) is 44.1 Å². The van der Waals surface area contributed by atoms with Gasteiger partial charge in [-0.1, -0.05) is 37.6 Å². The molecule has 1 aromatic rings. The van der Waals surface area contributed by atoms with E-state index in [0.29, 0.717) is 12.3 Å². The summed E-state index contributed by atoms with van der Waals surface area (Å²) in [5.41, 5.74) is 2.10. The Hall–Kier alpha value is -2.11. The number of carbonyl (C=O) groups excluding carboxylic acids is 1. The zero-order chi connectivity index (χ0) is 22.8. The van der Waals surface area contributed by atoms with E-state index < -0.39 is 0 Å². The van der Waals surface area contributed by atoms with Crippen molar-refractivity contribution in [1.82, 2.24) is 0 Å². The number of hydrogen-bond donors (Lipinski definition) is 1. The Labute approximate surface area is 187 Å². The molecule has 1 aliphatic carbocycles. The predicted octanol–water partition coefficient (Wildman–Crippen LogP) is 5.04. The van der Waals surface area contributed by atoms with Gasteiger partial charge in [-0.25, -0.2) is 4.79 Å². The van der Waals surface area contributed by atoms with Crippen molar-refractivity contribution in [3.63, 3.8) is 0 Å². The molecule has 0 unspecified atom stereocenters. The zero-order valence-corrected chi connectivity index (χ0v) is 19.5. The zero-order valence-electron chi connectivity index (χ0n) is 19.5. The first-order valence-electron chi connectivity index (χ1n) is 11.2. The minimum atomic E-state index is -0.384. The summed E-state index contributed by atoms with van der Waals surface area (Å²) < 4.78 is 16.8. The van der Waals surface area contributed by atoms with Crippen molar-refractivity contribution >= 4 is 12.0 Å². The maximum Gasteiger partial charge on any atom is 0.331 e. The number of benzene rings is 1. The topological polar surface area (TPSA) is 65.0 Å². The molecule has 0 saturated heterocycles. The third-order valence-electron chi connectivity index (χ3n) is 6.09. The molecule has 172 valence electrons. The summed E-state index contributed by atoms with van der Waals surface area (Å²) in [6.07, 6.45) is 8.46. The van der Waals surface area contributed by atoms with E-state index in [-0.39, 0.29) is 36.6 Å². The lowest BCUT2D eigenvalue weighted by Crippen LogP contribution is -2.47. The fourth-order valence-electron chi connectivity index (χ4n) is 4.33. The van der Waals surface area contributed by atoms with E-state index in [1.54, 1.807) is 20.3 Å². The van der Waals surface area contributed by atoms with Gasteiger partial charge in [-0.3, -0.25) is 0 Å². The van der Waals surface area contributed by atoms with Gasteiger partial charge in [0.2, 0.25) is 0 Å². The summed E-state index contributed by atoms with van der Waals surface area (Å²) in [4.78, 5) is 12.5. The molecular weight excluding hydrogens is 392 g/mol. The lowest BCUT2D eigenvalue weighted by Gasteiger charge is -2.41. The normalized spacial score (nSPS) is 24.5. The van der Waals surface area contributed by atoms with Gasteiger partial charge in [-0.05, 0) is 68.2 Å². The van der Waals surface area contributed by atoms with Crippen LogP contribution in [-0.2, 0) is 14.3 Å². The Morgan fingerprint density at radius 3 is 2.48 bits per heavy atom. The van der Waals surface area contributed by atoms with E-state index in [1.165, 1.54) is 11.6 Å². The molecule has 1 aromatic carbocycles. The highest BCUT2D eigenvalue weighted by Gasteiger charge is 2.41. The fourth-order valence-corrected chi connectivity index (χ4v) is 4.33. The number of aliphatic hydroxyl groups excluding tert-OH is 1. The summed E-state index contributed by atoms with van der Waals surface area (Å²) in [5, 5.41) is 9.94. The molecule has 5 heteroatoms. The summed E-state index contributed by atoms with van der Waals surface area (Å²) >= 11 is 0. The van der Waals surface area contributed by atoms with E-state index >= 15 is 0 Å². The number of hydrogen-bond acceptors (Lipinski definition) is 5. The SMILES string of the molecule is COc1ccc(/C=C/C(=O)O[C@@H]2CC[C@H](CO)[C@@H](/C(C)=C/CCC(C)C)[C@@H]2OC)cc1. The number of esters is 1. The monoisotopic (exact) mass is 430 g/mol. The minimum Gasteiger partial charge on any atom is -0.497 e. The van der Waals surface area contributed by atoms with E-state index in [2.05, 4.69) is 26.8 Å². The highest BCUT2D eigenvalue weighted by molar-refractivity contribution is 5.87. The molecule has 1 saturated carbocycles. The molecular formula is C26H38O5. The third-order valence-corrected chi connectivity index (χ3v) is 6.09. The molecule has 1 N–H and O–H groups in total. The minimum absolute atomic E-state index is 0.0410. The summed E-state index contributed by atoms with van der Waals surface area (Å²) in [7, 11) is 3.28. The number of rotatable bonds is 10. The summed E-state index contributed by atoms with van der Waals surface area (Å²) in [5.74, 6) is 1.19. The quantitative estimate of drug-likeness (QED) is 0.320. The van der Waals surface area contributed by atoms with Crippen LogP contribution >= 0.6 is 0 Å². The number of allylic oxidation sites excluding steroid dienone is 1. The van der Waals surface area contributed by atoms with E-state index in [9.17, 15) is 9.90 Å². The van der Waals surface area contributed by atoms with Crippen molar-refractivity contribution < 1.29 is 24.1 Å². The van der Waals surface area contributed by atoms with Crippen molar-refractivity contribution in [3.05, 3.63) is 47.6 Å². The van der Waals surface area contributed by atoms with Crippen molar-refractivity contribution in [1.29, 1.82) is 0 Å². The Morgan fingerprint density at radius 2 is 1.90 bits per heavy atom. The van der Waals surface area contributed by atoms with Crippen molar-refractivity contribution in [2.75, 3.05) is 20.8 Å². The molecule has 31 heavy (non-hydrogen) atoms. The van der Waals surface area contributed by atoms with Gasteiger partial charge < -0.3 is 19.3 Å². The second-order valence-corrected chi connectivity index (χ2v) is 8.75. The summed E-state index contributed by atoms with van der Waals surface area (Å²) in [6.45, 7) is 6.64. The van der Waals surface area contributed by atoms with Crippen LogP contribution in [0, 0.1) is 17.8 Å². The molecule has 1 aliphatic rings. The number of aliphatic hydroxyl groups is 1. The third kappa shape index (κ3) is 7.51. The van der Waals surface area contributed by atoms with Gasteiger partial charge in [-0.15, -0.1) is 0 Å². The van der Waals surface area contributed by atoms with Gasteiger partial charge in [0.1, 0.15) is 18.0 Å². The van der Waals surface area contributed by atoms with Crippen LogP contribution in [0.5, 0.6) is 5.75 Å². The van der Waals surface area contributed by atoms with Crippen LogP contribution in [0.15, 0.2) is 42.0 Å². The van der Waals surface area contributed by atoms with Crippen LogP contribution < -0.4 is 4.74 Å². The maximum atomic E-state index is 12.5. The first kappa shape index (κ1) is 25.2. The first-order chi connectivity index (χ1) is 14.9. The Bertz CT molecular complexity index is 735. The van der Waals surface area contributed by atoms with Crippen LogP contribution in [0.4, 0.5) is 0 Å². The molecule has 0 aliphatic heterocycles. The van der Waals surface area contributed by atoms with Gasteiger partial charge in [0.25, 0.3) is 0 Å². The lowest BCUT2D eigenvalue weighted by molar-refractivity contribution is -0.159. The van der Waals surface area contributed by atoms with Gasteiger partial charge in [0.05, 0.1) is 7.11 Å². The maximum absolute atomic E-state index is 12.5. The van der Waals surface area contributed by atoms with Gasteiger partial charge in [0.15, 0.2) is 0 Å². The Balaban J connectivity index is 2.06. The molecule has 2 rings (SSSR count). The fraction of sp³-hybridized carbons (Fsp3) is 0.577. The molecule has 0 bridgehead atoms. The molecule has 0 aromatic heterocycles. The van der Waals surface area contributed by atoms with E-state index in [4.69, 9.17) is 14.2 Å². The van der Waals surface area contributed by atoms with Crippen LogP contribution in [0.25, 0.3) is 6.08 Å². The highest BCUT2D eigenvalue weighted by Crippen LogP contribution is 2.38. The largest absolute Gasteiger partial charge is 0.497 e. The second-order valence-electron chi connectivity index (χ2n) is 8.75. The summed E-state index contributed by atoms with van der Waals surface area (Å²) in [6, 6.07) is 7.46. The average molecular weight is 431 g/mol. The van der Waals surface area contributed by atoms with Crippen LogP contribution in [0.3, 0.4) is 0 Å². The van der Waals surface area contributed by atoms with Crippen molar-refractivity contribution in [2.45, 2.75) is 58.7 Å². The molecule has 0 amide bonds. The van der Waals surface area contributed by atoms with E-state index in [0.717, 1.165) is 30.6 Å². The standard InChI is InChI=1S/C26H38O5/c1-18(2)7-6-8-19(3)25-21(17-27)12-15-23(26(25)30-5)31-24(28)16-11-20-9-13-22(29-4)14-10-20/h8-11,13-14,16,18,21,23,25-27H,6-7,12,15,17H2,1-5H3/b16-11+,19-8+/t21-,23-,25-,26-/m1/s1. The molecule has 0 heterocycles. The van der Waals surface area contributed by atoms with Gasteiger partial charge in [-0.2, -0.15) is 0 Å².